The van der Waals surface area contributed by atoms with Gasteiger partial charge in [-0.3, -0.25) is 9.59 Å². The molecule has 1 fully saturated rings. The van der Waals surface area contributed by atoms with E-state index in [1.807, 2.05) is 0 Å². The lowest BCUT2D eigenvalue weighted by atomic mass is 10.0. The maximum Gasteiger partial charge on any atom is 0.289 e. The molecule has 0 radical (unpaired) electrons. The Morgan fingerprint density at radius 2 is 1.87 bits per heavy atom. The largest absolute Gasteiger partial charge is 0.459 e. The van der Waals surface area contributed by atoms with Gasteiger partial charge < -0.3 is 14.6 Å². The number of rotatable bonds is 7. The van der Waals surface area contributed by atoms with Gasteiger partial charge in [0, 0.05) is 32.1 Å². The van der Waals surface area contributed by atoms with Crippen molar-refractivity contribution >= 4 is 21.8 Å². The van der Waals surface area contributed by atoms with E-state index in [1.165, 1.54) is 6.26 Å². The number of carbonyl (C=O) groups is 2. The SMILES string of the molecule is O=C(CCNS(=O)(=O)c1ccc(F)c(F)c1)NC1CCN(C(=O)c2ccco2)CC1. The lowest BCUT2D eigenvalue weighted by molar-refractivity contribution is -0.121. The van der Waals surface area contributed by atoms with Crippen LogP contribution in [-0.2, 0) is 14.8 Å². The van der Waals surface area contributed by atoms with Gasteiger partial charge in [-0.15, -0.1) is 0 Å². The standard InChI is InChI=1S/C19H21F2N3O5S/c20-15-4-3-14(12-16(15)21)30(27,28)22-8-5-18(25)23-13-6-9-24(10-7-13)19(26)17-2-1-11-29-17/h1-4,11-13,22H,5-10H2,(H,23,25). The summed E-state index contributed by atoms with van der Waals surface area (Å²) in [5.41, 5.74) is 0. The first kappa shape index (κ1) is 21.9. The van der Waals surface area contributed by atoms with Crippen LogP contribution in [0.2, 0.25) is 0 Å². The van der Waals surface area contributed by atoms with Crippen LogP contribution in [-0.4, -0.2) is 50.8 Å². The molecule has 0 saturated carbocycles. The summed E-state index contributed by atoms with van der Waals surface area (Å²) >= 11 is 0. The van der Waals surface area contributed by atoms with Gasteiger partial charge in [0.15, 0.2) is 17.4 Å². The highest BCUT2D eigenvalue weighted by Gasteiger charge is 2.26. The van der Waals surface area contributed by atoms with E-state index in [4.69, 9.17) is 4.42 Å². The number of amides is 2. The number of nitrogens with zero attached hydrogens (tertiary/aromatic N) is 1. The van der Waals surface area contributed by atoms with Crippen LogP contribution >= 0.6 is 0 Å². The average molecular weight is 441 g/mol. The number of halogens is 2. The first-order chi connectivity index (χ1) is 14.3. The predicted molar refractivity (Wildman–Crippen MR) is 102 cm³/mol. The number of sulfonamides is 1. The monoisotopic (exact) mass is 441 g/mol. The van der Waals surface area contributed by atoms with Gasteiger partial charge in [-0.1, -0.05) is 0 Å². The molecule has 0 spiro atoms. The van der Waals surface area contributed by atoms with E-state index in [1.54, 1.807) is 17.0 Å². The van der Waals surface area contributed by atoms with Gasteiger partial charge in [-0.25, -0.2) is 21.9 Å². The van der Waals surface area contributed by atoms with E-state index < -0.39 is 26.6 Å². The van der Waals surface area contributed by atoms with Crippen LogP contribution in [0.15, 0.2) is 45.9 Å². The topological polar surface area (TPSA) is 109 Å². The Kier molecular flexibility index (Phi) is 6.83. The van der Waals surface area contributed by atoms with Crippen molar-refractivity contribution in [3.05, 3.63) is 54.0 Å². The van der Waals surface area contributed by atoms with Crippen LogP contribution in [0.1, 0.15) is 29.8 Å². The van der Waals surface area contributed by atoms with Gasteiger partial charge in [0.25, 0.3) is 5.91 Å². The highest BCUT2D eigenvalue weighted by molar-refractivity contribution is 7.89. The van der Waals surface area contributed by atoms with Crippen LogP contribution in [0.5, 0.6) is 0 Å². The van der Waals surface area contributed by atoms with E-state index in [-0.39, 0.29) is 36.6 Å². The fourth-order valence-electron chi connectivity index (χ4n) is 3.11. The molecule has 1 aromatic carbocycles. The third-order valence-electron chi connectivity index (χ3n) is 4.72. The lowest BCUT2D eigenvalue weighted by Crippen LogP contribution is -2.46. The van der Waals surface area contributed by atoms with Crippen LogP contribution in [0.3, 0.4) is 0 Å². The van der Waals surface area contributed by atoms with Crippen LogP contribution < -0.4 is 10.0 Å². The molecule has 162 valence electrons. The zero-order valence-electron chi connectivity index (χ0n) is 15.9. The van der Waals surface area contributed by atoms with Crippen molar-refractivity contribution < 1.29 is 31.2 Å². The second kappa shape index (κ2) is 9.35. The zero-order valence-corrected chi connectivity index (χ0v) is 16.8. The smallest absolute Gasteiger partial charge is 0.289 e. The second-order valence-corrected chi connectivity index (χ2v) is 8.60. The normalized spacial score (nSPS) is 15.2. The van der Waals surface area contributed by atoms with Gasteiger partial charge in [-0.2, -0.15) is 0 Å². The van der Waals surface area contributed by atoms with Crippen molar-refractivity contribution in [2.24, 2.45) is 0 Å². The Labute approximate surface area is 172 Å². The number of benzene rings is 1. The molecule has 0 aliphatic carbocycles. The number of hydrogen-bond acceptors (Lipinski definition) is 5. The van der Waals surface area contributed by atoms with E-state index >= 15 is 0 Å². The van der Waals surface area contributed by atoms with E-state index in [0.717, 1.165) is 12.1 Å². The molecule has 2 amide bonds. The molecular formula is C19H21F2N3O5S. The summed E-state index contributed by atoms with van der Waals surface area (Å²) in [6.07, 6.45) is 2.45. The molecule has 3 rings (SSSR count). The van der Waals surface area contributed by atoms with Crippen molar-refractivity contribution in [2.75, 3.05) is 19.6 Å². The van der Waals surface area contributed by atoms with Gasteiger partial charge in [0.05, 0.1) is 11.2 Å². The number of hydrogen-bond donors (Lipinski definition) is 2. The van der Waals surface area contributed by atoms with E-state index in [0.29, 0.717) is 32.0 Å². The minimum Gasteiger partial charge on any atom is -0.459 e. The highest BCUT2D eigenvalue weighted by Crippen LogP contribution is 2.15. The number of nitrogens with one attached hydrogen (secondary N) is 2. The Hall–Kier alpha value is -2.79. The van der Waals surface area contributed by atoms with E-state index in [9.17, 15) is 26.8 Å². The van der Waals surface area contributed by atoms with E-state index in [2.05, 4.69) is 10.0 Å². The maximum atomic E-state index is 13.2. The first-order valence-corrected chi connectivity index (χ1v) is 10.8. The average Bonchev–Trinajstić information content (AvgIpc) is 3.24. The second-order valence-electron chi connectivity index (χ2n) is 6.83. The molecule has 2 aromatic rings. The molecule has 8 nitrogen and oxygen atoms in total. The molecule has 30 heavy (non-hydrogen) atoms. The highest BCUT2D eigenvalue weighted by atomic mass is 32.2. The number of piperidine rings is 1. The molecule has 1 saturated heterocycles. The molecule has 0 unspecified atom stereocenters. The summed E-state index contributed by atoms with van der Waals surface area (Å²) in [7, 11) is -4.06. The van der Waals surface area contributed by atoms with Crippen LogP contribution in [0.4, 0.5) is 8.78 Å². The lowest BCUT2D eigenvalue weighted by Gasteiger charge is -2.31. The van der Waals surface area contributed by atoms with Gasteiger partial charge in [-0.05, 0) is 43.2 Å². The van der Waals surface area contributed by atoms with Crippen molar-refractivity contribution in [3.63, 3.8) is 0 Å². The van der Waals surface area contributed by atoms with Crippen LogP contribution in [0, 0.1) is 11.6 Å². The minimum atomic E-state index is -4.06. The molecule has 1 aromatic heterocycles. The molecular weight excluding hydrogens is 420 g/mol. The van der Waals surface area contributed by atoms with Crippen molar-refractivity contribution in [1.29, 1.82) is 0 Å². The molecule has 11 heteroatoms. The molecule has 0 bridgehead atoms. The predicted octanol–water partition coefficient (Wildman–Crippen LogP) is 1.65. The van der Waals surface area contributed by atoms with Gasteiger partial charge in [0.2, 0.25) is 15.9 Å². The summed E-state index contributed by atoms with van der Waals surface area (Å²) in [6, 6.07) is 5.35. The van der Waals surface area contributed by atoms with Gasteiger partial charge >= 0.3 is 0 Å². The van der Waals surface area contributed by atoms with Crippen molar-refractivity contribution in [1.82, 2.24) is 14.9 Å². The Morgan fingerprint density at radius 3 is 2.50 bits per heavy atom. The fraction of sp³-hybridized carbons (Fsp3) is 0.368. The summed E-state index contributed by atoms with van der Waals surface area (Å²) in [5.74, 6) is -2.70. The quantitative estimate of drug-likeness (QED) is 0.679. The summed E-state index contributed by atoms with van der Waals surface area (Å²) in [4.78, 5) is 25.5. The molecule has 1 aliphatic rings. The Bertz CT molecular complexity index is 1000. The van der Waals surface area contributed by atoms with Crippen molar-refractivity contribution in [3.8, 4) is 0 Å². The maximum absolute atomic E-state index is 13.2. The molecule has 2 heterocycles. The van der Waals surface area contributed by atoms with Crippen molar-refractivity contribution in [2.45, 2.75) is 30.2 Å². The summed E-state index contributed by atoms with van der Waals surface area (Å²) in [5, 5.41) is 2.81. The summed E-state index contributed by atoms with van der Waals surface area (Å²) in [6.45, 7) is 0.740. The fourth-order valence-corrected chi connectivity index (χ4v) is 4.15. The Morgan fingerprint density at radius 1 is 1.13 bits per heavy atom. The Balaban J connectivity index is 1.41. The number of furan rings is 1. The molecule has 2 N–H and O–H groups in total. The molecule has 1 aliphatic heterocycles. The first-order valence-electron chi connectivity index (χ1n) is 9.33. The molecule has 0 atom stereocenters. The number of likely N-dealkylation sites (tertiary alicyclic amines) is 1. The third kappa shape index (κ3) is 5.42. The summed E-state index contributed by atoms with van der Waals surface area (Å²) < 4.78 is 57.6. The van der Waals surface area contributed by atoms with Crippen LogP contribution in [0.25, 0.3) is 0 Å². The third-order valence-corrected chi connectivity index (χ3v) is 6.18. The zero-order chi connectivity index (χ0) is 21.7. The van der Waals surface area contributed by atoms with Gasteiger partial charge in [0.1, 0.15) is 0 Å². The minimum absolute atomic E-state index is 0.117. The number of carbonyl (C=O) groups excluding carboxylic acids is 2.